The zero-order valence-electron chi connectivity index (χ0n) is 16.5. The van der Waals surface area contributed by atoms with Crippen molar-refractivity contribution in [1.82, 2.24) is 4.90 Å². The number of thioether (sulfide) groups is 1. The molecule has 2 aliphatic rings. The van der Waals surface area contributed by atoms with Gasteiger partial charge in [0.2, 0.25) is 0 Å². The maximum absolute atomic E-state index is 13.3. The summed E-state index contributed by atoms with van der Waals surface area (Å²) in [5.74, 6) is 1.65. The van der Waals surface area contributed by atoms with Crippen molar-refractivity contribution in [3.05, 3.63) is 65.4 Å². The Morgan fingerprint density at radius 3 is 2.62 bits per heavy atom. The van der Waals surface area contributed by atoms with E-state index in [0.717, 1.165) is 46.6 Å². The molecule has 150 valence electrons. The van der Waals surface area contributed by atoms with Crippen molar-refractivity contribution in [2.45, 2.75) is 19.4 Å². The molecule has 6 nitrogen and oxygen atoms in total. The van der Waals surface area contributed by atoms with Crippen LogP contribution in [0.5, 0.6) is 5.75 Å². The molecule has 29 heavy (non-hydrogen) atoms. The van der Waals surface area contributed by atoms with E-state index in [4.69, 9.17) is 15.5 Å². The van der Waals surface area contributed by atoms with E-state index in [1.807, 2.05) is 55.5 Å². The fourth-order valence-corrected chi connectivity index (χ4v) is 4.68. The SMILES string of the molecule is COc1ccc(NC(=O)C2=C(C)N=C3SCCCN3C2c2ccc(N)cc2)cc1. The molecule has 1 fully saturated rings. The molecule has 0 bridgehead atoms. The lowest BCUT2D eigenvalue weighted by molar-refractivity contribution is -0.113. The van der Waals surface area contributed by atoms with Gasteiger partial charge in [-0.15, -0.1) is 0 Å². The van der Waals surface area contributed by atoms with Crippen molar-refractivity contribution >= 4 is 34.2 Å². The van der Waals surface area contributed by atoms with Crippen molar-refractivity contribution in [3.8, 4) is 5.75 Å². The van der Waals surface area contributed by atoms with Crippen molar-refractivity contribution in [2.75, 3.05) is 30.5 Å². The third-order valence-electron chi connectivity index (χ3n) is 5.10. The van der Waals surface area contributed by atoms with Crippen LogP contribution < -0.4 is 15.8 Å². The molecule has 1 saturated heterocycles. The normalized spacial score (nSPS) is 18.8. The number of carbonyl (C=O) groups excluding carboxylic acids is 1. The third-order valence-corrected chi connectivity index (χ3v) is 6.18. The number of amidine groups is 1. The quantitative estimate of drug-likeness (QED) is 0.747. The molecule has 2 heterocycles. The molecule has 1 amide bonds. The number of hydrogen-bond donors (Lipinski definition) is 2. The highest BCUT2D eigenvalue weighted by molar-refractivity contribution is 8.13. The van der Waals surface area contributed by atoms with Crippen LogP contribution in [0.4, 0.5) is 11.4 Å². The topological polar surface area (TPSA) is 80.0 Å². The Bertz CT molecular complexity index is 967. The van der Waals surface area contributed by atoms with E-state index in [1.54, 1.807) is 18.9 Å². The van der Waals surface area contributed by atoms with E-state index in [0.29, 0.717) is 11.3 Å². The average molecular weight is 409 g/mol. The number of fused-ring (bicyclic) bond motifs is 1. The predicted molar refractivity (Wildman–Crippen MR) is 119 cm³/mol. The molecule has 0 aliphatic carbocycles. The molecule has 0 spiro atoms. The Kier molecular flexibility index (Phi) is 5.49. The Morgan fingerprint density at radius 2 is 1.93 bits per heavy atom. The molecule has 3 N–H and O–H groups in total. The Balaban J connectivity index is 1.70. The zero-order chi connectivity index (χ0) is 20.4. The smallest absolute Gasteiger partial charge is 0.255 e. The van der Waals surface area contributed by atoms with E-state index in [2.05, 4.69) is 10.2 Å². The summed E-state index contributed by atoms with van der Waals surface area (Å²) in [7, 11) is 1.62. The standard InChI is InChI=1S/C22H24N4O2S/c1-14-19(21(27)25-17-8-10-18(28-2)11-9-17)20(15-4-6-16(23)7-5-15)26-12-3-13-29-22(26)24-14/h4-11,20H,3,12-13,23H2,1-2H3,(H,25,27). The van der Waals surface area contributed by atoms with Crippen LogP contribution in [-0.2, 0) is 4.79 Å². The van der Waals surface area contributed by atoms with Gasteiger partial charge in [-0.25, -0.2) is 4.99 Å². The Morgan fingerprint density at radius 1 is 1.21 bits per heavy atom. The van der Waals surface area contributed by atoms with E-state index in [9.17, 15) is 4.79 Å². The summed E-state index contributed by atoms with van der Waals surface area (Å²) in [5, 5.41) is 4.00. The monoisotopic (exact) mass is 408 g/mol. The van der Waals surface area contributed by atoms with Crippen LogP contribution in [0.25, 0.3) is 0 Å². The minimum atomic E-state index is -0.186. The lowest BCUT2D eigenvalue weighted by Crippen LogP contribution is -2.43. The summed E-state index contributed by atoms with van der Waals surface area (Å²) < 4.78 is 5.19. The number of rotatable bonds is 4. The second-order valence-corrected chi connectivity index (χ2v) is 8.10. The number of benzene rings is 2. The van der Waals surface area contributed by atoms with Crippen molar-refractivity contribution in [2.24, 2.45) is 4.99 Å². The lowest BCUT2D eigenvalue weighted by Gasteiger charge is -2.40. The maximum atomic E-state index is 13.3. The number of amides is 1. The van der Waals surface area contributed by atoms with Crippen LogP contribution in [-0.4, -0.2) is 35.4 Å². The van der Waals surface area contributed by atoms with E-state index < -0.39 is 0 Å². The number of nitrogen functional groups attached to an aromatic ring is 1. The first kappa shape index (κ1) is 19.4. The highest BCUT2D eigenvalue weighted by atomic mass is 32.2. The molecule has 0 aromatic heterocycles. The number of nitrogens with two attached hydrogens (primary N) is 1. The number of allylic oxidation sites excluding steroid dienone is 1. The number of nitrogens with one attached hydrogen (secondary N) is 1. The van der Waals surface area contributed by atoms with Gasteiger partial charge in [0.15, 0.2) is 5.17 Å². The maximum Gasteiger partial charge on any atom is 0.255 e. The van der Waals surface area contributed by atoms with Gasteiger partial charge in [0.1, 0.15) is 5.75 Å². The second kappa shape index (κ2) is 8.21. The van der Waals surface area contributed by atoms with E-state index >= 15 is 0 Å². The van der Waals surface area contributed by atoms with Crippen molar-refractivity contribution in [3.63, 3.8) is 0 Å². The number of anilines is 2. The summed E-state index contributed by atoms with van der Waals surface area (Å²) >= 11 is 1.75. The molecular weight excluding hydrogens is 384 g/mol. The minimum Gasteiger partial charge on any atom is -0.497 e. The molecule has 2 aliphatic heterocycles. The van der Waals surface area contributed by atoms with E-state index in [-0.39, 0.29) is 11.9 Å². The summed E-state index contributed by atoms with van der Waals surface area (Å²) in [4.78, 5) is 20.3. The molecule has 1 unspecified atom stereocenters. The first-order valence-electron chi connectivity index (χ1n) is 9.56. The molecule has 2 aromatic rings. The number of carbonyl (C=O) groups is 1. The van der Waals surface area contributed by atoms with E-state index in [1.165, 1.54) is 0 Å². The van der Waals surface area contributed by atoms with Crippen LogP contribution >= 0.6 is 11.8 Å². The number of methoxy groups -OCH3 is 1. The molecule has 7 heteroatoms. The average Bonchev–Trinajstić information content (AvgIpc) is 2.74. The van der Waals surface area contributed by atoms with Crippen molar-refractivity contribution in [1.29, 1.82) is 0 Å². The zero-order valence-corrected chi connectivity index (χ0v) is 17.3. The van der Waals surface area contributed by atoms with Gasteiger partial charge in [0.25, 0.3) is 5.91 Å². The first-order valence-corrected chi connectivity index (χ1v) is 10.5. The van der Waals surface area contributed by atoms with Crippen LogP contribution in [0.3, 0.4) is 0 Å². The fraction of sp³-hybridized carbons (Fsp3) is 0.273. The van der Waals surface area contributed by atoms with Gasteiger partial charge < -0.3 is 20.7 Å². The van der Waals surface area contributed by atoms with Gasteiger partial charge in [0, 0.05) is 23.7 Å². The number of ether oxygens (including phenoxy) is 1. The fourth-order valence-electron chi connectivity index (χ4n) is 3.66. The highest BCUT2D eigenvalue weighted by Gasteiger charge is 2.37. The van der Waals surface area contributed by atoms with Gasteiger partial charge >= 0.3 is 0 Å². The van der Waals surface area contributed by atoms with Gasteiger partial charge in [-0.2, -0.15) is 0 Å². The number of aliphatic imine (C=N–C) groups is 1. The predicted octanol–water partition coefficient (Wildman–Crippen LogP) is 4.04. The Labute approximate surface area is 174 Å². The molecule has 0 radical (unpaired) electrons. The van der Waals surface area contributed by atoms with Gasteiger partial charge in [-0.3, -0.25) is 4.79 Å². The largest absolute Gasteiger partial charge is 0.497 e. The molecule has 2 aromatic carbocycles. The molecule has 4 rings (SSSR count). The van der Waals surface area contributed by atoms with Gasteiger partial charge in [-0.05, 0) is 55.3 Å². The first-order chi connectivity index (χ1) is 14.1. The third kappa shape index (κ3) is 3.96. The summed E-state index contributed by atoms with van der Waals surface area (Å²) in [6.45, 7) is 2.78. The minimum absolute atomic E-state index is 0.145. The molecule has 1 atom stereocenters. The van der Waals surface area contributed by atoms with Crippen LogP contribution in [0.15, 0.2) is 64.8 Å². The number of hydrogen-bond acceptors (Lipinski definition) is 6. The van der Waals surface area contributed by atoms with Gasteiger partial charge in [-0.1, -0.05) is 23.9 Å². The van der Waals surface area contributed by atoms with Crippen molar-refractivity contribution < 1.29 is 9.53 Å². The summed E-state index contributed by atoms with van der Waals surface area (Å²) in [5.41, 5.74) is 9.76. The molecule has 0 saturated carbocycles. The van der Waals surface area contributed by atoms with Crippen LogP contribution in [0.1, 0.15) is 24.9 Å². The summed E-state index contributed by atoms with van der Waals surface area (Å²) in [6, 6.07) is 14.9. The Hall–Kier alpha value is -2.93. The number of nitrogens with zero attached hydrogens (tertiary/aromatic N) is 2. The lowest BCUT2D eigenvalue weighted by atomic mass is 9.93. The summed E-state index contributed by atoms with van der Waals surface area (Å²) in [6.07, 6.45) is 1.06. The second-order valence-electron chi connectivity index (χ2n) is 7.04. The van der Waals surface area contributed by atoms with Crippen LogP contribution in [0, 0.1) is 0 Å². The van der Waals surface area contributed by atoms with Crippen LogP contribution in [0.2, 0.25) is 0 Å². The molecular formula is C22H24N4O2S. The van der Waals surface area contributed by atoms with Gasteiger partial charge in [0.05, 0.1) is 24.4 Å². The highest BCUT2D eigenvalue weighted by Crippen LogP contribution is 2.40.